The summed E-state index contributed by atoms with van der Waals surface area (Å²) in [6, 6.07) is 16.4. The number of benzene rings is 2. The minimum Gasteiger partial charge on any atom is -0.0619 e. The quantitative estimate of drug-likeness (QED) is 0.554. The van der Waals surface area contributed by atoms with Crippen molar-refractivity contribution in [1.82, 2.24) is 0 Å². The van der Waals surface area contributed by atoms with Gasteiger partial charge in [0.05, 0.1) is 0 Å². The lowest BCUT2D eigenvalue weighted by molar-refractivity contribution is 1.25. The van der Waals surface area contributed by atoms with E-state index in [1.807, 2.05) is 0 Å². The molecule has 2 aromatic rings. The maximum Gasteiger partial charge on any atom is 0.0212 e. The summed E-state index contributed by atoms with van der Waals surface area (Å²) in [6.45, 7) is 0. The Balaban J connectivity index is 2.27. The van der Waals surface area contributed by atoms with Gasteiger partial charge in [-0.25, -0.2) is 0 Å². The number of hydrogen-bond acceptors (Lipinski definition) is 0. The van der Waals surface area contributed by atoms with E-state index in [1.54, 1.807) is 0 Å². The van der Waals surface area contributed by atoms with Crippen LogP contribution in [0.3, 0.4) is 0 Å². The molecule has 0 nitrogen and oxygen atoms in total. The van der Waals surface area contributed by atoms with Crippen molar-refractivity contribution in [3.05, 3.63) is 57.2 Å². The van der Waals surface area contributed by atoms with Crippen molar-refractivity contribution in [3.8, 4) is 11.1 Å². The molecule has 0 spiro atoms. The monoisotopic (exact) mass is 291 g/mol. The van der Waals surface area contributed by atoms with Gasteiger partial charge in [0.15, 0.2) is 0 Å². The number of rotatable bonds is 0. The summed E-state index contributed by atoms with van der Waals surface area (Å²) in [7, 11) is 0. The molecule has 0 fully saturated rings. The Labute approximate surface area is 97.1 Å². The van der Waals surface area contributed by atoms with Crippen LogP contribution in [0.2, 0.25) is 0 Å². The van der Waals surface area contributed by atoms with E-state index >= 15 is 0 Å². The van der Waals surface area contributed by atoms with Crippen molar-refractivity contribution < 1.29 is 0 Å². The summed E-state index contributed by atoms with van der Waals surface area (Å²) in [5.41, 5.74) is 5.52. The first kappa shape index (κ1) is 8.48. The highest BCUT2D eigenvalue weighted by Crippen LogP contribution is 2.36. The zero-order valence-electron chi connectivity index (χ0n) is 7.55. The second kappa shape index (κ2) is 3.09. The topological polar surface area (TPSA) is 0 Å². The van der Waals surface area contributed by atoms with E-state index in [4.69, 9.17) is 0 Å². The van der Waals surface area contributed by atoms with Crippen LogP contribution in [0.5, 0.6) is 0 Å². The first-order valence-electron chi connectivity index (χ1n) is 4.63. The average Bonchev–Trinajstić information content (AvgIpc) is 2.54. The summed E-state index contributed by atoms with van der Waals surface area (Å²) < 4.78 is 1.20. The molecule has 67 valence electrons. The van der Waals surface area contributed by atoms with Crippen molar-refractivity contribution in [3.63, 3.8) is 0 Å². The van der Waals surface area contributed by atoms with Crippen LogP contribution in [-0.2, 0) is 6.42 Å². The normalized spacial score (nSPS) is 12.4. The Bertz CT molecular complexity index is 500. The second-order valence-corrected chi connectivity index (χ2v) is 4.69. The summed E-state index contributed by atoms with van der Waals surface area (Å²) in [4.78, 5) is 0. The molecule has 3 rings (SSSR count). The molecule has 0 aromatic heterocycles. The Hall–Kier alpha value is -0.830. The van der Waals surface area contributed by atoms with Gasteiger partial charge in [-0.15, -0.1) is 0 Å². The van der Waals surface area contributed by atoms with Gasteiger partial charge in [0.2, 0.25) is 0 Å². The highest BCUT2D eigenvalue weighted by molar-refractivity contribution is 14.1. The van der Waals surface area contributed by atoms with Crippen LogP contribution in [0.15, 0.2) is 36.4 Å². The summed E-state index contributed by atoms with van der Waals surface area (Å²) in [5.74, 6) is 0. The minimum absolute atomic E-state index is 1.04. The van der Waals surface area contributed by atoms with E-state index in [-0.39, 0.29) is 0 Å². The number of hydrogen-bond donors (Lipinski definition) is 0. The van der Waals surface area contributed by atoms with Crippen LogP contribution >= 0.6 is 22.6 Å². The Morgan fingerprint density at radius 1 is 1.00 bits per heavy atom. The smallest absolute Gasteiger partial charge is 0.0212 e. The van der Waals surface area contributed by atoms with Crippen molar-refractivity contribution in [2.24, 2.45) is 0 Å². The van der Waals surface area contributed by atoms with Crippen molar-refractivity contribution >= 4 is 22.6 Å². The zero-order chi connectivity index (χ0) is 9.54. The van der Waals surface area contributed by atoms with E-state index in [0.29, 0.717) is 0 Å². The predicted molar refractivity (Wildman–Crippen MR) is 66.2 cm³/mol. The molecule has 0 N–H and O–H groups in total. The predicted octanol–water partition coefficient (Wildman–Crippen LogP) is 3.66. The van der Waals surface area contributed by atoms with Gasteiger partial charge in [-0.3, -0.25) is 0 Å². The lowest BCUT2D eigenvalue weighted by Crippen LogP contribution is -1.81. The van der Waals surface area contributed by atoms with E-state index in [2.05, 4.69) is 65.1 Å². The highest BCUT2D eigenvalue weighted by atomic mass is 127. The molecule has 0 atom stereocenters. The molecule has 14 heavy (non-hydrogen) atoms. The molecule has 1 radical (unpaired) electrons. The second-order valence-electron chi connectivity index (χ2n) is 3.53. The molecular weight excluding hydrogens is 283 g/mol. The van der Waals surface area contributed by atoms with Gasteiger partial charge in [0, 0.05) is 9.64 Å². The largest absolute Gasteiger partial charge is 0.0619 e. The fourth-order valence-corrected chi connectivity index (χ4v) is 2.53. The van der Waals surface area contributed by atoms with E-state index in [1.165, 1.54) is 25.8 Å². The fourth-order valence-electron chi connectivity index (χ4n) is 2.03. The van der Waals surface area contributed by atoms with Crippen LogP contribution in [-0.4, -0.2) is 0 Å². The maximum atomic E-state index is 3.42. The Morgan fingerprint density at radius 3 is 2.79 bits per heavy atom. The lowest BCUT2D eigenvalue weighted by atomic mass is 10.1. The summed E-state index contributed by atoms with van der Waals surface area (Å²) >= 11 is 2.32. The van der Waals surface area contributed by atoms with Gasteiger partial charge >= 0.3 is 0 Å². The average molecular weight is 291 g/mol. The minimum atomic E-state index is 1.04. The van der Waals surface area contributed by atoms with E-state index in [0.717, 1.165) is 6.42 Å². The third-order valence-electron chi connectivity index (χ3n) is 2.67. The molecule has 0 unspecified atom stereocenters. The van der Waals surface area contributed by atoms with Gasteiger partial charge < -0.3 is 0 Å². The number of fused-ring (bicyclic) bond motifs is 3. The van der Waals surface area contributed by atoms with Crippen molar-refractivity contribution in [2.45, 2.75) is 6.42 Å². The molecule has 2 aromatic carbocycles. The fraction of sp³-hybridized carbons (Fsp3) is 0.0769. The lowest BCUT2D eigenvalue weighted by Gasteiger charge is -1.99. The molecule has 1 aliphatic rings. The van der Waals surface area contributed by atoms with Crippen LogP contribution in [0.25, 0.3) is 11.1 Å². The van der Waals surface area contributed by atoms with Gasteiger partial charge in [-0.05, 0) is 57.3 Å². The Morgan fingerprint density at radius 2 is 1.86 bits per heavy atom. The molecule has 0 bridgehead atoms. The standard InChI is InChI=1S/C13H8I/c14-11-5-6-13-10(8-11)7-9-3-1-2-4-12(9)13/h1-6H,7H2. The van der Waals surface area contributed by atoms with Gasteiger partial charge in [0.25, 0.3) is 0 Å². The molecular formula is C13H8I. The molecule has 1 heteroatoms. The molecule has 0 saturated carbocycles. The summed E-state index contributed by atoms with van der Waals surface area (Å²) in [5, 5.41) is 0. The summed E-state index contributed by atoms with van der Waals surface area (Å²) in [6.07, 6.45) is 1.04. The van der Waals surface area contributed by atoms with Gasteiger partial charge in [-0.1, -0.05) is 30.3 Å². The zero-order valence-corrected chi connectivity index (χ0v) is 9.71. The van der Waals surface area contributed by atoms with Crippen LogP contribution < -0.4 is 0 Å². The van der Waals surface area contributed by atoms with E-state index < -0.39 is 0 Å². The van der Waals surface area contributed by atoms with Crippen molar-refractivity contribution in [1.29, 1.82) is 0 Å². The van der Waals surface area contributed by atoms with E-state index in [9.17, 15) is 0 Å². The third kappa shape index (κ3) is 1.19. The molecule has 0 saturated heterocycles. The first-order chi connectivity index (χ1) is 6.84. The molecule has 0 heterocycles. The molecule has 0 amide bonds. The van der Waals surface area contributed by atoms with Gasteiger partial charge in [0.1, 0.15) is 0 Å². The van der Waals surface area contributed by atoms with Crippen LogP contribution in [0.1, 0.15) is 11.1 Å². The third-order valence-corrected chi connectivity index (χ3v) is 3.30. The molecule has 1 aliphatic carbocycles. The van der Waals surface area contributed by atoms with Crippen LogP contribution in [0, 0.1) is 9.64 Å². The molecule has 0 aliphatic heterocycles. The van der Waals surface area contributed by atoms with Crippen molar-refractivity contribution in [2.75, 3.05) is 0 Å². The maximum absolute atomic E-state index is 3.42. The van der Waals surface area contributed by atoms with Crippen LogP contribution in [0.4, 0.5) is 0 Å². The SMILES string of the molecule is Ic1[c]c2c(cc1)-c1ccccc1C2. The van der Waals surface area contributed by atoms with Gasteiger partial charge in [-0.2, -0.15) is 0 Å². The highest BCUT2D eigenvalue weighted by Gasteiger charge is 2.17. The Kier molecular flexibility index (Phi) is 1.87. The number of halogens is 1. The first-order valence-corrected chi connectivity index (χ1v) is 5.71.